The Bertz CT molecular complexity index is 915. The maximum Gasteiger partial charge on any atom is 0.245 e. The number of aliphatic hydroxyl groups is 1. The summed E-state index contributed by atoms with van der Waals surface area (Å²) in [7, 11) is 0. The summed E-state index contributed by atoms with van der Waals surface area (Å²) in [5, 5.41) is 15.8. The van der Waals surface area contributed by atoms with Crippen LogP contribution in [0, 0.1) is 11.8 Å². The molecular weight excluding hydrogens is 502 g/mol. The largest absolute Gasteiger partial charge is 0.394 e. The topological polar surface area (TPSA) is 108 Å². The molecule has 1 aromatic rings. The Morgan fingerprint density at radius 2 is 1.97 bits per heavy atom. The molecule has 4 rings (SSSR count). The molecule has 3 N–H and O–H groups in total. The molecule has 0 radical (unpaired) electrons. The molecule has 3 amide bonds. The zero-order valence-corrected chi connectivity index (χ0v) is 21.3. The highest BCUT2D eigenvalue weighted by atomic mass is 79.9. The van der Waals surface area contributed by atoms with E-state index in [-0.39, 0.29) is 29.2 Å². The molecule has 7 atom stereocenters. The van der Waals surface area contributed by atoms with Crippen molar-refractivity contribution in [2.45, 2.75) is 74.7 Å². The fourth-order valence-electron chi connectivity index (χ4n) is 5.82. The van der Waals surface area contributed by atoms with Crippen LogP contribution in [0.1, 0.15) is 45.1 Å². The first-order valence-corrected chi connectivity index (χ1v) is 13.1. The van der Waals surface area contributed by atoms with Crippen molar-refractivity contribution in [1.29, 1.82) is 0 Å². The van der Waals surface area contributed by atoms with Crippen molar-refractivity contribution in [3.05, 3.63) is 35.9 Å². The van der Waals surface area contributed by atoms with Crippen LogP contribution in [0.25, 0.3) is 0 Å². The van der Waals surface area contributed by atoms with Crippen LogP contribution in [-0.2, 0) is 25.7 Å². The normalized spacial score (nSPS) is 32.5. The molecule has 186 valence electrons. The zero-order chi connectivity index (χ0) is 24.5. The Labute approximate surface area is 208 Å². The quantitative estimate of drug-likeness (QED) is 0.312. The van der Waals surface area contributed by atoms with Gasteiger partial charge in [-0.1, -0.05) is 66.0 Å². The number of hydrogen-bond acceptors (Lipinski definition) is 5. The summed E-state index contributed by atoms with van der Waals surface area (Å²) in [5.74, 6) is -2.29. The number of benzene rings is 1. The summed E-state index contributed by atoms with van der Waals surface area (Å²) >= 11 is 3.66. The Kier molecular flexibility index (Phi) is 7.64. The molecule has 8 nitrogen and oxygen atoms in total. The van der Waals surface area contributed by atoms with E-state index < -0.39 is 35.6 Å². The van der Waals surface area contributed by atoms with Crippen molar-refractivity contribution in [3.63, 3.8) is 0 Å². The van der Waals surface area contributed by atoms with E-state index in [1.807, 2.05) is 30.3 Å². The number of ether oxygens (including phenoxy) is 1. The maximum absolute atomic E-state index is 13.7. The molecule has 1 spiro atoms. The summed E-state index contributed by atoms with van der Waals surface area (Å²) in [4.78, 5) is 41.8. The minimum atomic E-state index is -1.09. The van der Waals surface area contributed by atoms with Crippen LogP contribution in [0.3, 0.4) is 0 Å². The number of carbonyl (C=O) groups is 3. The highest BCUT2D eigenvalue weighted by Crippen LogP contribution is 2.60. The van der Waals surface area contributed by atoms with Gasteiger partial charge in [-0.15, -0.1) is 0 Å². The fourth-order valence-corrected chi connectivity index (χ4v) is 6.76. The van der Waals surface area contributed by atoms with Gasteiger partial charge in [0.1, 0.15) is 11.6 Å². The third kappa shape index (κ3) is 4.27. The van der Waals surface area contributed by atoms with Crippen molar-refractivity contribution in [1.82, 2.24) is 15.5 Å². The molecule has 3 saturated heterocycles. The summed E-state index contributed by atoms with van der Waals surface area (Å²) < 4.78 is 6.43. The monoisotopic (exact) mass is 535 g/mol. The number of hydrogen-bond donors (Lipinski definition) is 3. The Balaban J connectivity index is 1.60. The molecule has 9 heteroatoms. The van der Waals surface area contributed by atoms with Gasteiger partial charge < -0.3 is 25.4 Å². The number of rotatable bonds is 10. The van der Waals surface area contributed by atoms with Crippen molar-refractivity contribution >= 4 is 33.7 Å². The van der Waals surface area contributed by atoms with E-state index in [0.717, 1.165) is 24.8 Å². The second-order valence-corrected chi connectivity index (χ2v) is 10.8. The minimum absolute atomic E-state index is 0.149. The molecular formula is C25H34BrN3O5. The van der Waals surface area contributed by atoms with Gasteiger partial charge in [-0.2, -0.15) is 0 Å². The predicted molar refractivity (Wildman–Crippen MR) is 130 cm³/mol. The lowest BCUT2D eigenvalue weighted by Crippen LogP contribution is -2.57. The number of fused-ring (bicyclic) bond motifs is 1. The van der Waals surface area contributed by atoms with Crippen LogP contribution in [0.5, 0.6) is 0 Å². The maximum atomic E-state index is 13.7. The van der Waals surface area contributed by atoms with E-state index >= 15 is 0 Å². The van der Waals surface area contributed by atoms with Gasteiger partial charge in [0, 0.05) is 17.9 Å². The van der Waals surface area contributed by atoms with Gasteiger partial charge >= 0.3 is 0 Å². The first kappa shape index (κ1) is 25.1. The molecule has 3 heterocycles. The smallest absolute Gasteiger partial charge is 0.245 e. The number of unbranched alkanes of at least 4 members (excludes halogenated alkanes) is 2. The van der Waals surface area contributed by atoms with Crippen molar-refractivity contribution < 1.29 is 24.2 Å². The van der Waals surface area contributed by atoms with E-state index in [2.05, 4.69) is 33.5 Å². The van der Waals surface area contributed by atoms with Gasteiger partial charge in [-0.05, 0) is 25.3 Å². The van der Waals surface area contributed by atoms with E-state index in [9.17, 15) is 19.5 Å². The third-order valence-corrected chi connectivity index (χ3v) is 8.25. The summed E-state index contributed by atoms with van der Waals surface area (Å²) in [5.41, 5.74) is -0.134. The van der Waals surface area contributed by atoms with Gasteiger partial charge in [0.2, 0.25) is 17.7 Å². The van der Waals surface area contributed by atoms with Crippen LogP contribution in [0.2, 0.25) is 0 Å². The SMILES string of the molecule is CCCCCNC(=O)C1N([C@H](C)CO)C(=O)[C@@H]2[C@H](C(=O)NCc3ccccc3)[C@H]3OC12CC3Br. The lowest BCUT2D eigenvalue weighted by Gasteiger charge is -2.35. The average Bonchev–Trinajstić information content (AvgIpc) is 3.43. The highest BCUT2D eigenvalue weighted by Gasteiger charge is 2.76. The lowest BCUT2D eigenvalue weighted by atomic mass is 9.70. The molecule has 0 aromatic heterocycles. The second-order valence-electron chi connectivity index (χ2n) is 9.64. The van der Waals surface area contributed by atoms with Gasteiger partial charge in [-0.25, -0.2) is 0 Å². The molecule has 0 aliphatic carbocycles. The van der Waals surface area contributed by atoms with E-state index in [1.165, 1.54) is 4.90 Å². The summed E-state index contributed by atoms with van der Waals surface area (Å²) in [6.07, 6.45) is 2.85. The predicted octanol–water partition coefficient (Wildman–Crippen LogP) is 1.74. The first-order chi connectivity index (χ1) is 16.4. The standard InChI is InChI=1S/C25H34BrN3O5/c1-3-4-8-11-27-23(32)21-25-12-17(26)20(34-25)18(19(25)24(33)29(21)15(2)14-30)22(31)28-13-16-9-6-5-7-10-16/h5-7,9-10,15,17-21,30H,3-4,8,11-14H2,1-2H3,(H,27,32)(H,28,31)/t15-,17?,18+,19+,20+,21?,25?/m1/s1. The molecule has 3 fully saturated rings. The van der Waals surface area contributed by atoms with Gasteiger partial charge in [0.15, 0.2) is 0 Å². The summed E-state index contributed by atoms with van der Waals surface area (Å²) in [6.45, 7) is 4.40. The highest BCUT2D eigenvalue weighted by molar-refractivity contribution is 9.09. The van der Waals surface area contributed by atoms with Crippen molar-refractivity contribution in [2.75, 3.05) is 13.2 Å². The van der Waals surface area contributed by atoms with Crippen molar-refractivity contribution in [3.8, 4) is 0 Å². The number of alkyl halides is 1. The second kappa shape index (κ2) is 10.3. The number of nitrogens with one attached hydrogen (secondary N) is 2. The summed E-state index contributed by atoms with van der Waals surface area (Å²) in [6, 6.07) is 8.13. The molecule has 3 unspecified atom stereocenters. The number of nitrogens with zero attached hydrogens (tertiary/aromatic N) is 1. The number of likely N-dealkylation sites (tertiary alicyclic amines) is 1. The molecule has 3 aliphatic heterocycles. The number of amides is 3. The number of carbonyl (C=O) groups excluding carboxylic acids is 3. The Morgan fingerprint density at radius 1 is 1.24 bits per heavy atom. The lowest BCUT2D eigenvalue weighted by molar-refractivity contribution is -0.145. The van der Waals surface area contributed by atoms with Crippen molar-refractivity contribution in [2.24, 2.45) is 11.8 Å². The average molecular weight is 536 g/mol. The van der Waals surface area contributed by atoms with E-state index in [0.29, 0.717) is 19.5 Å². The molecule has 0 saturated carbocycles. The van der Waals surface area contributed by atoms with Crippen LogP contribution in [-0.4, -0.2) is 69.5 Å². The minimum Gasteiger partial charge on any atom is -0.394 e. The molecule has 1 aromatic carbocycles. The van der Waals surface area contributed by atoms with Gasteiger partial charge in [-0.3, -0.25) is 14.4 Å². The van der Waals surface area contributed by atoms with Crippen LogP contribution < -0.4 is 10.6 Å². The van der Waals surface area contributed by atoms with Crippen LogP contribution >= 0.6 is 15.9 Å². The zero-order valence-electron chi connectivity index (χ0n) is 19.7. The van der Waals surface area contributed by atoms with E-state index in [1.54, 1.807) is 6.92 Å². The molecule has 2 bridgehead atoms. The fraction of sp³-hybridized carbons (Fsp3) is 0.640. The van der Waals surface area contributed by atoms with Crippen LogP contribution in [0.15, 0.2) is 30.3 Å². The van der Waals surface area contributed by atoms with Crippen LogP contribution in [0.4, 0.5) is 0 Å². The number of aliphatic hydroxyl groups excluding tert-OH is 1. The van der Waals surface area contributed by atoms with Gasteiger partial charge in [0.25, 0.3) is 0 Å². The Hall–Kier alpha value is -1.97. The van der Waals surface area contributed by atoms with E-state index in [4.69, 9.17) is 4.74 Å². The number of halogens is 1. The molecule has 34 heavy (non-hydrogen) atoms. The van der Waals surface area contributed by atoms with Gasteiger partial charge in [0.05, 0.1) is 30.6 Å². The Morgan fingerprint density at radius 3 is 2.65 bits per heavy atom. The first-order valence-electron chi connectivity index (χ1n) is 12.2. The molecule has 3 aliphatic rings. The third-order valence-electron chi connectivity index (χ3n) is 7.41.